The van der Waals surface area contributed by atoms with Gasteiger partial charge >= 0.3 is 0 Å². The summed E-state index contributed by atoms with van der Waals surface area (Å²) in [6.07, 6.45) is 9.10. The number of nitrogens with two attached hydrogens (primary N) is 1. The summed E-state index contributed by atoms with van der Waals surface area (Å²) < 4.78 is 2.05. The van der Waals surface area contributed by atoms with Crippen molar-refractivity contribution in [2.45, 2.75) is 37.6 Å². The van der Waals surface area contributed by atoms with Gasteiger partial charge in [0, 0.05) is 17.6 Å². The summed E-state index contributed by atoms with van der Waals surface area (Å²) in [6.45, 7) is 0.560. The molecule has 1 aliphatic carbocycles. The lowest BCUT2D eigenvalue weighted by atomic mass is 10.1. The van der Waals surface area contributed by atoms with Crippen molar-refractivity contribution in [2.24, 2.45) is 0 Å². The van der Waals surface area contributed by atoms with E-state index in [1.54, 1.807) is 0 Å². The van der Waals surface area contributed by atoms with E-state index in [0.717, 1.165) is 23.1 Å². The van der Waals surface area contributed by atoms with Gasteiger partial charge in [0.1, 0.15) is 11.6 Å². The maximum Gasteiger partial charge on any atom is 0.127 e. The SMILES string of the molecule is C#CCn1c(C2CC2)nc(C2CCSC2)c1N. The van der Waals surface area contributed by atoms with E-state index in [1.807, 2.05) is 11.8 Å². The van der Waals surface area contributed by atoms with Crippen molar-refractivity contribution in [3.8, 4) is 12.3 Å². The van der Waals surface area contributed by atoms with Crippen LogP contribution in [0.4, 0.5) is 5.82 Å². The molecule has 2 heterocycles. The third-order valence-electron chi connectivity index (χ3n) is 3.57. The number of rotatable bonds is 3. The number of thioether (sulfide) groups is 1. The number of imidazole rings is 1. The van der Waals surface area contributed by atoms with Crippen LogP contribution in [0.1, 0.15) is 42.6 Å². The molecule has 0 amide bonds. The van der Waals surface area contributed by atoms with Gasteiger partial charge < -0.3 is 10.3 Å². The normalized spacial score (nSPS) is 23.8. The Morgan fingerprint density at radius 2 is 2.24 bits per heavy atom. The fourth-order valence-corrected chi connectivity index (χ4v) is 3.69. The van der Waals surface area contributed by atoms with Gasteiger partial charge in [-0.05, 0) is 25.0 Å². The lowest BCUT2D eigenvalue weighted by molar-refractivity contribution is 0.751. The van der Waals surface area contributed by atoms with Crippen LogP contribution >= 0.6 is 11.8 Å². The molecule has 90 valence electrons. The maximum atomic E-state index is 6.23. The Bertz CT molecular complexity index is 462. The molecule has 1 saturated carbocycles. The molecule has 0 spiro atoms. The summed E-state index contributed by atoms with van der Waals surface area (Å²) in [5.41, 5.74) is 7.34. The Labute approximate surface area is 106 Å². The van der Waals surface area contributed by atoms with Crippen molar-refractivity contribution in [3.05, 3.63) is 11.5 Å². The lowest BCUT2D eigenvalue weighted by Crippen LogP contribution is -2.07. The van der Waals surface area contributed by atoms with E-state index >= 15 is 0 Å². The molecule has 1 aliphatic heterocycles. The number of hydrogen-bond acceptors (Lipinski definition) is 3. The first-order chi connectivity index (χ1) is 8.31. The zero-order valence-electron chi connectivity index (χ0n) is 9.85. The number of terminal acetylenes is 1. The largest absolute Gasteiger partial charge is 0.384 e. The van der Waals surface area contributed by atoms with Gasteiger partial charge in [0.05, 0.1) is 12.2 Å². The van der Waals surface area contributed by atoms with Gasteiger partial charge in [0.2, 0.25) is 0 Å². The van der Waals surface area contributed by atoms with Gasteiger partial charge in [-0.2, -0.15) is 11.8 Å². The predicted octanol–water partition coefficient (Wildman–Crippen LogP) is 2.20. The van der Waals surface area contributed by atoms with Gasteiger partial charge in [-0.15, -0.1) is 6.42 Å². The molecule has 1 saturated heterocycles. The molecular formula is C13H17N3S. The quantitative estimate of drug-likeness (QED) is 0.833. The highest BCUT2D eigenvalue weighted by Gasteiger charge is 2.32. The van der Waals surface area contributed by atoms with Crippen LogP contribution in [0, 0.1) is 12.3 Å². The van der Waals surface area contributed by atoms with Gasteiger partial charge in [-0.3, -0.25) is 0 Å². The Hall–Kier alpha value is -1.08. The minimum absolute atomic E-state index is 0.538. The highest BCUT2D eigenvalue weighted by atomic mass is 32.2. The molecule has 1 unspecified atom stereocenters. The first-order valence-electron chi connectivity index (χ1n) is 6.18. The molecule has 1 aromatic heterocycles. The van der Waals surface area contributed by atoms with Crippen LogP contribution < -0.4 is 5.73 Å². The standard InChI is InChI=1S/C13H17N3S/c1-2-6-16-12(14)11(10-5-7-17-8-10)15-13(16)9-3-4-9/h1,9-10H,3-8,14H2. The van der Waals surface area contributed by atoms with Crippen LogP contribution in [0.25, 0.3) is 0 Å². The summed E-state index contributed by atoms with van der Waals surface area (Å²) in [4.78, 5) is 4.80. The van der Waals surface area contributed by atoms with Crippen molar-refractivity contribution < 1.29 is 0 Å². The summed E-state index contributed by atoms with van der Waals surface area (Å²) in [7, 11) is 0. The minimum atomic E-state index is 0.538. The molecule has 3 rings (SSSR count). The van der Waals surface area contributed by atoms with Crippen molar-refractivity contribution in [3.63, 3.8) is 0 Å². The highest BCUT2D eigenvalue weighted by molar-refractivity contribution is 7.99. The Morgan fingerprint density at radius 3 is 2.82 bits per heavy atom. The lowest BCUT2D eigenvalue weighted by Gasteiger charge is -2.07. The van der Waals surface area contributed by atoms with Crippen molar-refractivity contribution in [1.29, 1.82) is 0 Å². The van der Waals surface area contributed by atoms with Crippen LogP contribution in [0.2, 0.25) is 0 Å². The van der Waals surface area contributed by atoms with Crippen molar-refractivity contribution >= 4 is 17.6 Å². The van der Waals surface area contributed by atoms with Crippen LogP contribution in [0.3, 0.4) is 0 Å². The van der Waals surface area contributed by atoms with E-state index < -0.39 is 0 Å². The number of hydrogen-bond donors (Lipinski definition) is 1. The van der Waals surface area contributed by atoms with E-state index in [0.29, 0.717) is 18.4 Å². The number of nitrogens with zero attached hydrogens (tertiary/aromatic N) is 2. The number of aromatic nitrogens is 2. The van der Waals surface area contributed by atoms with Crippen LogP contribution in [-0.4, -0.2) is 21.1 Å². The first kappa shape index (κ1) is 11.0. The monoisotopic (exact) mass is 247 g/mol. The molecule has 0 radical (unpaired) electrons. The molecule has 1 aromatic rings. The maximum absolute atomic E-state index is 6.23. The molecule has 17 heavy (non-hydrogen) atoms. The Kier molecular flexibility index (Phi) is 2.79. The Balaban J connectivity index is 1.98. The van der Waals surface area contributed by atoms with Gasteiger partial charge in [0.15, 0.2) is 0 Å². The van der Waals surface area contributed by atoms with E-state index in [1.165, 1.54) is 25.0 Å². The van der Waals surface area contributed by atoms with E-state index in [4.69, 9.17) is 17.1 Å². The zero-order valence-corrected chi connectivity index (χ0v) is 10.7. The van der Waals surface area contributed by atoms with Crippen LogP contribution in [-0.2, 0) is 6.54 Å². The van der Waals surface area contributed by atoms with E-state index in [9.17, 15) is 0 Å². The summed E-state index contributed by atoms with van der Waals surface area (Å²) in [5.74, 6) is 8.16. The second kappa shape index (κ2) is 4.30. The van der Waals surface area contributed by atoms with Gasteiger partial charge in [-0.25, -0.2) is 4.98 Å². The van der Waals surface area contributed by atoms with Gasteiger partial charge in [-0.1, -0.05) is 5.92 Å². The second-order valence-corrected chi connectivity index (χ2v) is 6.02. The van der Waals surface area contributed by atoms with Crippen LogP contribution in [0.5, 0.6) is 0 Å². The van der Waals surface area contributed by atoms with E-state index in [-0.39, 0.29) is 0 Å². The smallest absolute Gasteiger partial charge is 0.127 e. The van der Waals surface area contributed by atoms with Gasteiger partial charge in [0.25, 0.3) is 0 Å². The fourth-order valence-electron chi connectivity index (χ4n) is 2.46. The number of nitrogen functional groups attached to an aromatic ring is 1. The Morgan fingerprint density at radius 1 is 1.41 bits per heavy atom. The van der Waals surface area contributed by atoms with Crippen LogP contribution in [0.15, 0.2) is 0 Å². The average molecular weight is 247 g/mol. The second-order valence-electron chi connectivity index (χ2n) is 4.87. The predicted molar refractivity (Wildman–Crippen MR) is 72.1 cm³/mol. The van der Waals surface area contributed by atoms with E-state index in [2.05, 4.69) is 10.5 Å². The summed E-state index contributed by atoms with van der Waals surface area (Å²) in [6, 6.07) is 0. The summed E-state index contributed by atoms with van der Waals surface area (Å²) >= 11 is 1.99. The third-order valence-corrected chi connectivity index (χ3v) is 4.74. The molecule has 2 N–H and O–H groups in total. The topological polar surface area (TPSA) is 43.8 Å². The summed E-state index contributed by atoms with van der Waals surface area (Å²) in [5, 5.41) is 0. The molecule has 1 atom stereocenters. The highest BCUT2D eigenvalue weighted by Crippen LogP contribution is 2.43. The molecule has 2 fully saturated rings. The average Bonchev–Trinajstić information content (AvgIpc) is 2.92. The van der Waals surface area contributed by atoms with Crippen molar-refractivity contribution in [1.82, 2.24) is 9.55 Å². The fraction of sp³-hybridized carbons (Fsp3) is 0.615. The van der Waals surface area contributed by atoms with Crippen molar-refractivity contribution in [2.75, 3.05) is 17.2 Å². The molecule has 3 nitrogen and oxygen atoms in total. The molecule has 4 heteroatoms. The number of anilines is 1. The molecule has 0 bridgehead atoms. The zero-order chi connectivity index (χ0) is 11.8. The minimum Gasteiger partial charge on any atom is -0.384 e. The molecule has 2 aliphatic rings. The third kappa shape index (κ3) is 1.93. The first-order valence-corrected chi connectivity index (χ1v) is 7.33. The molecule has 0 aromatic carbocycles. The molecular weight excluding hydrogens is 230 g/mol.